The quantitative estimate of drug-likeness (QED) is 0.744. The highest BCUT2D eigenvalue weighted by Gasteiger charge is 2.09. The lowest BCUT2D eigenvalue weighted by molar-refractivity contribution is 0.0951. The first-order chi connectivity index (χ1) is 9.08. The average molecular weight is 269 g/mol. The lowest BCUT2D eigenvalue weighted by Crippen LogP contribution is -2.25. The second-order valence-electron chi connectivity index (χ2n) is 4.54. The van der Waals surface area contributed by atoms with Crippen LogP contribution in [0.5, 0.6) is 5.75 Å². The van der Waals surface area contributed by atoms with Gasteiger partial charge in [0, 0.05) is 18.7 Å². The van der Waals surface area contributed by atoms with Crippen molar-refractivity contribution >= 4 is 5.91 Å². The molecule has 4 nitrogen and oxygen atoms in total. The van der Waals surface area contributed by atoms with Crippen LogP contribution < -0.4 is 10.1 Å². The number of carbonyl (C=O) groups is 1. The summed E-state index contributed by atoms with van der Waals surface area (Å²) in [6, 6.07) is 4.01. The predicted octanol–water partition coefficient (Wildman–Crippen LogP) is 1.97. The molecule has 1 aromatic carbocycles. The Kier molecular flexibility index (Phi) is 6.29. The molecule has 0 aliphatic carbocycles. The number of rotatable bonds is 7. The molecule has 0 aliphatic rings. The van der Waals surface area contributed by atoms with E-state index in [2.05, 4.69) is 5.32 Å². The fourth-order valence-corrected chi connectivity index (χ4v) is 1.65. The maximum absolute atomic E-state index is 13.2. The van der Waals surface area contributed by atoms with Gasteiger partial charge < -0.3 is 15.2 Å². The summed E-state index contributed by atoms with van der Waals surface area (Å²) in [5.74, 6) is -0.449. The molecular weight excluding hydrogens is 249 g/mol. The lowest BCUT2D eigenvalue weighted by atomic mass is 10.1. The molecule has 5 heteroatoms. The van der Waals surface area contributed by atoms with Crippen molar-refractivity contribution in [2.45, 2.75) is 19.8 Å². The Morgan fingerprint density at radius 3 is 2.89 bits per heavy atom. The summed E-state index contributed by atoms with van der Waals surface area (Å²) in [5.41, 5.74) is 0.369. The Morgan fingerprint density at radius 2 is 2.26 bits per heavy atom. The highest BCUT2D eigenvalue weighted by molar-refractivity contribution is 5.94. The fraction of sp³-hybridized carbons (Fsp3) is 0.500. The third kappa shape index (κ3) is 4.87. The van der Waals surface area contributed by atoms with Gasteiger partial charge in [0.05, 0.1) is 7.11 Å². The summed E-state index contributed by atoms with van der Waals surface area (Å²) in [5, 5.41) is 11.6. The molecule has 1 amide bonds. The van der Waals surface area contributed by atoms with Gasteiger partial charge in [-0.2, -0.15) is 0 Å². The number of aliphatic hydroxyl groups excluding tert-OH is 1. The van der Waals surface area contributed by atoms with Crippen LogP contribution in [0.1, 0.15) is 30.1 Å². The molecule has 0 radical (unpaired) electrons. The van der Waals surface area contributed by atoms with Crippen LogP contribution in [0.4, 0.5) is 4.39 Å². The molecule has 0 bridgehead atoms. The number of methoxy groups -OCH3 is 1. The van der Waals surface area contributed by atoms with Gasteiger partial charge in [-0.25, -0.2) is 4.39 Å². The van der Waals surface area contributed by atoms with Crippen molar-refractivity contribution in [3.8, 4) is 5.75 Å². The lowest BCUT2D eigenvalue weighted by Gasteiger charge is -2.09. The van der Waals surface area contributed by atoms with Gasteiger partial charge in [0.15, 0.2) is 11.6 Å². The molecule has 0 saturated heterocycles. The van der Waals surface area contributed by atoms with E-state index in [4.69, 9.17) is 9.84 Å². The fourth-order valence-electron chi connectivity index (χ4n) is 1.65. The highest BCUT2D eigenvalue weighted by Crippen LogP contribution is 2.18. The third-order valence-corrected chi connectivity index (χ3v) is 2.88. The summed E-state index contributed by atoms with van der Waals surface area (Å²) in [7, 11) is 1.36. The number of halogens is 1. The molecule has 2 N–H and O–H groups in total. The summed E-state index contributed by atoms with van der Waals surface area (Å²) >= 11 is 0. The Bertz CT molecular complexity index is 423. The number of amides is 1. The zero-order valence-electron chi connectivity index (χ0n) is 11.3. The van der Waals surface area contributed by atoms with Crippen LogP contribution in [0.25, 0.3) is 0 Å². The van der Waals surface area contributed by atoms with Gasteiger partial charge in [0.25, 0.3) is 5.91 Å². The van der Waals surface area contributed by atoms with Gasteiger partial charge in [-0.3, -0.25) is 4.79 Å². The number of ether oxygens (including phenoxy) is 1. The number of benzene rings is 1. The Balaban J connectivity index is 2.45. The summed E-state index contributed by atoms with van der Waals surface area (Å²) in [6.07, 6.45) is 1.65. The van der Waals surface area contributed by atoms with E-state index in [0.29, 0.717) is 12.1 Å². The minimum absolute atomic E-state index is 0.0570. The van der Waals surface area contributed by atoms with E-state index in [0.717, 1.165) is 12.8 Å². The number of carbonyl (C=O) groups excluding carboxylic acids is 1. The van der Waals surface area contributed by atoms with E-state index in [9.17, 15) is 9.18 Å². The van der Waals surface area contributed by atoms with Crippen LogP contribution in [0.15, 0.2) is 18.2 Å². The van der Waals surface area contributed by atoms with E-state index >= 15 is 0 Å². The molecule has 0 heterocycles. The maximum Gasteiger partial charge on any atom is 0.251 e. The van der Waals surface area contributed by atoms with E-state index in [1.165, 1.54) is 25.3 Å². The number of aliphatic hydroxyl groups is 1. The van der Waals surface area contributed by atoms with Crippen LogP contribution >= 0.6 is 0 Å². The summed E-state index contributed by atoms with van der Waals surface area (Å²) < 4.78 is 18.0. The van der Waals surface area contributed by atoms with Crippen LogP contribution in [0.2, 0.25) is 0 Å². The molecule has 106 valence electrons. The molecule has 1 atom stereocenters. The maximum atomic E-state index is 13.2. The van der Waals surface area contributed by atoms with E-state index < -0.39 is 5.82 Å². The minimum Gasteiger partial charge on any atom is -0.494 e. The standard InChI is InChI=1S/C14H20FNO3/c1-10(9-17)4-3-7-16-14(18)11-5-6-12(15)13(8-11)19-2/h5-6,8,10,17H,3-4,7,9H2,1-2H3,(H,16,18). The van der Waals surface area contributed by atoms with Crippen molar-refractivity contribution < 1.29 is 19.0 Å². The first-order valence-corrected chi connectivity index (χ1v) is 6.31. The average Bonchev–Trinajstić information content (AvgIpc) is 2.43. The largest absolute Gasteiger partial charge is 0.494 e. The molecule has 1 rings (SSSR count). The van der Waals surface area contributed by atoms with Gasteiger partial charge in [-0.15, -0.1) is 0 Å². The van der Waals surface area contributed by atoms with E-state index in [1.807, 2.05) is 6.92 Å². The molecule has 1 aromatic rings. The Morgan fingerprint density at radius 1 is 1.53 bits per heavy atom. The first-order valence-electron chi connectivity index (χ1n) is 6.31. The van der Waals surface area contributed by atoms with Gasteiger partial charge in [0.2, 0.25) is 0 Å². The molecule has 0 aliphatic heterocycles. The SMILES string of the molecule is COc1cc(C(=O)NCCCC(C)CO)ccc1F. The highest BCUT2D eigenvalue weighted by atomic mass is 19.1. The van der Waals surface area contributed by atoms with Crippen LogP contribution in [0.3, 0.4) is 0 Å². The molecule has 0 spiro atoms. The van der Waals surface area contributed by atoms with Gasteiger partial charge in [-0.1, -0.05) is 6.92 Å². The predicted molar refractivity (Wildman–Crippen MR) is 70.8 cm³/mol. The van der Waals surface area contributed by atoms with Crippen LogP contribution in [0, 0.1) is 11.7 Å². The number of nitrogens with one attached hydrogen (secondary N) is 1. The molecule has 0 fully saturated rings. The van der Waals surface area contributed by atoms with Gasteiger partial charge in [-0.05, 0) is 37.0 Å². The Hall–Kier alpha value is -1.62. The molecule has 0 saturated carbocycles. The van der Waals surface area contributed by atoms with Crippen molar-refractivity contribution in [2.24, 2.45) is 5.92 Å². The summed E-state index contributed by atoms with van der Waals surface area (Å²) in [4.78, 5) is 11.8. The van der Waals surface area contributed by atoms with Crippen molar-refractivity contribution in [1.82, 2.24) is 5.32 Å². The van der Waals surface area contributed by atoms with E-state index in [1.54, 1.807) is 0 Å². The molecule has 1 unspecified atom stereocenters. The topological polar surface area (TPSA) is 58.6 Å². The van der Waals surface area contributed by atoms with Gasteiger partial charge >= 0.3 is 0 Å². The molecular formula is C14H20FNO3. The first kappa shape index (κ1) is 15.4. The van der Waals surface area contributed by atoms with E-state index in [-0.39, 0.29) is 24.2 Å². The normalized spacial score (nSPS) is 12.0. The van der Waals surface area contributed by atoms with Gasteiger partial charge in [0.1, 0.15) is 0 Å². The minimum atomic E-state index is -0.490. The zero-order chi connectivity index (χ0) is 14.3. The smallest absolute Gasteiger partial charge is 0.251 e. The Labute approximate surface area is 112 Å². The third-order valence-electron chi connectivity index (χ3n) is 2.88. The van der Waals surface area contributed by atoms with Crippen molar-refractivity contribution in [1.29, 1.82) is 0 Å². The van der Waals surface area contributed by atoms with Crippen molar-refractivity contribution in [2.75, 3.05) is 20.3 Å². The number of hydrogen-bond donors (Lipinski definition) is 2. The second kappa shape index (κ2) is 7.74. The van der Waals surface area contributed by atoms with Crippen LogP contribution in [-0.2, 0) is 0 Å². The monoisotopic (exact) mass is 269 g/mol. The molecule has 0 aromatic heterocycles. The second-order valence-corrected chi connectivity index (χ2v) is 4.54. The van der Waals surface area contributed by atoms with Crippen molar-refractivity contribution in [3.63, 3.8) is 0 Å². The zero-order valence-corrected chi connectivity index (χ0v) is 11.3. The van der Waals surface area contributed by atoms with Crippen LogP contribution in [-0.4, -0.2) is 31.3 Å². The molecule has 19 heavy (non-hydrogen) atoms. The summed E-state index contributed by atoms with van der Waals surface area (Å²) in [6.45, 7) is 2.64. The van der Waals surface area contributed by atoms with Crippen molar-refractivity contribution in [3.05, 3.63) is 29.6 Å². The number of hydrogen-bond acceptors (Lipinski definition) is 3.